The molecule has 2 heterocycles. The van der Waals surface area contributed by atoms with Gasteiger partial charge >= 0.3 is 0 Å². The highest BCUT2D eigenvalue weighted by molar-refractivity contribution is 8.01. The molecule has 2 aromatic heterocycles. The Morgan fingerprint density at radius 1 is 1.40 bits per heavy atom. The number of thiophene rings is 1. The maximum atomic E-state index is 4.99. The number of thioether (sulfide) groups is 1. The Bertz CT molecular complexity index is 320. The summed E-state index contributed by atoms with van der Waals surface area (Å²) in [7, 11) is 0. The monoisotopic (exact) mass is 239 g/mol. The molecule has 0 unspecified atom stereocenters. The first-order valence-corrected chi connectivity index (χ1v) is 6.70. The van der Waals surface area contributed by atoms with Gasteiger partial charge in [-0.1, -0.05) is 6.07 Å². The molecule has 4 heteroatoms. The third-order valence-electron chi connectivity index (χ3n) is 1.93. The summed E-state index contributed by atoms with van der Waals surface area (Å²) >= 11 is 3.70. The Morgan fingerprint density at radius 3 is 3.13 bits per heavy atom. The summed E-state index contributed by atoms with van der Waals surface area (Å²) in [5, 5.41) is 5.49. The molecule has 0 aromatic carbocycles. The van der Waals surface area contributed by atoms with Gasteiger partial charge in [0.1, 0.15) is 0 Å². The first-order valence-electron chi connectivity index (χ1n) is 4.83. The van der Waals surface area contributed by atoms with Crippen molar-refractivity contribution in [2.75, 3.05) is 12.3 Å². The number of furan rings is 1. The van der Waals surface area contributed by atoms with Crippen molar-refractivity contribution in [2.24, 2.45) is 0 Å². The molecule has 0 spiro atoms. The largest absolute Gasteiger partial charge is 0.472 e. The van der Waals surface area contributed by atoms with Crippen LogP contribution in [-0.4, -0.2) is 12.3 Å². The zero-order valence-electron chi connectivity index (χ0n) is 8.31. The molecule has 0 amide bonds. The van der Waals surface area contributed by atoms with Crippen LogP contribution in [0.25, 0.3) is 0 Å². The molecule has 0 bridgehead atoms. The topological polar surface area (TPSA) is 25.2 Å². The molecule has 2 nitrogen and oxygen atoms in total. The van der Waals surface area contributed by atoms with Gasteiger partial charge in [-0.3, -0.25) is 0 Å². The molecule has 0 aliphatic rings. The van der Waals surface area contributed by atoms with Gasteiger partial charge in [-0.25, -0.2) is 0 Å². The first-order chi connectivity index (χ1) is 7.45. The van der Waals surface area contributed by atoms with Crippen molar-refractivity contribution in [3.8, 4) is 0 Å². The summed E-state index contributed by atoms with van der Waals surface area (Å²) < 4.78 is 6.38. The van der Waals surface area contributed by atoms with Gasteiger partial charge in [-0.05, 0) is 17.5 Å². The van der Waals surface area contributed by atoms with E-state index in [4.69, 9.17) is 4.42 Å². The van der Waals surface area contributed by atoms with Gasteiger partial charge < -0.3 is 9.73 Å². The summed E-state index contributed by atoms with van der Waals surface area (Å²) in [6.45, 7) is 1.91. The van der Waals surface area contributed by atoms with Gasteiger partial charge in [0.05, 0.1) is 16.7 Å². The quantitative estimate of drug-likeness (QED) is 0.619. The van der Waals surface area contributed by atoms with E-state index in [-0.39, 0.29) is 0 Å². The van der Waals surface area contributed by atoms with E-state index in [2.05, 4.69) is 22.8 Å². The highest BCUT2D eigenvalue weighted by Gasteiger charge is 1.95. The predicted octanol–water partition coefficient (Wildman–Crippen LogP) is 3.22. The van der Waals surface area contributed by atoms with E-state index < -0.39 is 0 Å². The molecular weight excluding hydrogens is 226 g/mol. The number of nitrogens with one attached hydrogen (secondary N) is 1. The lowest BCUT2D eigenvalue weighted by Gasteiger charge is -2.01. The van der Waals surface area contributed by atoms with Crippen LogP contribution in [0.1, 0.15) is 5.56 Å². The molecule has 0 fully saturated rings. The van der Waals surface area contributed by atoms with E-state index in [1.165, 1.54) is 9.77 Å². The van der Waals surface area contributed by atoms with E-state index in [9.17, 15) is 0 Å². The minimum absolute atomic E-state index is 0.890. The fourth-order valence-electron chi connectivity index (χ4n) is 1.20. The fourth-order valence-corrected chi connectivity index (χ4v) is 2.95. The van der Waals surface area contributed by atoms with Crippen LogP contribution in [-0.2, 0) is 6.54 Å². The Balaban J connectivity index is 1.56. The lowest BCUT2D eigenvalue weighted by Crippen LogP contribution is -2.15. The van der Waals surface area contributed by atoms with Gasteiger partial charge in [0.25, 0.3) is 0 Å². The fraction of sp³-hybridized carbons (Fsp3) is 0.273. The molecule has 0 aliphatic heterocycles. The number of rotatable bonds is 6. The van der Waals surface area contributed by atoms with E-state index in [1.54, 1.807) is 23.9 Å². The molecule has 0 saturated carbocycles. The van der Waals surface area contributed by atoms with Crippen LogP contribution in [0.3, 0.4) is 0 Å². The van der Waals surface area contributed by atoms with E-state index in [0.717, 1.165) is 18.8 Å². The van der Waals surface area contributed by atoms with Gasteiger partial charge in [0.15, 0.2) is 0 Å². The average Bonchev–Trinajstić information content (AvgIpc) is 2.88. The van der Waals surface area contributed by atoms with E-state index in [1.807, 2.05) is 17.8 Å². The second kappa shape index (κ2) is 6.00. The van der Waals surface area contributed by atoms with Crippen LogP contribution in [0.4, 0.5) is 0 Å². The Morgan fingerprint density at radius 2 is 2.40 bits per heavy atom. The number of hydrogen-bond acceptors (Lipinski definition) is 4. The lowest BCUT2D eigenvalue weighted by molar-refractivity contribution is 0.561. The van der Waals surface area contributed by atoms with Crippen molar-refractivity contribution in [1.29, 1.82) is 0 Å². The highest BCUT2D eigenvalue weighted by atomic mass is 32.2. The first kappa shape index (κ1) is 10.8. The van der Waals surface area contributed by atoms with Crippen LogP contribution < -0.4 is 5.32 Å². The minimum Gasteiger partial charge on any atom is -0.472 e. The zero-order chi connectivity index (χ0) is 10.3. The van der Waals surface area contributed by atoms with Crippen LogP contribution in [0, 0.1) is 0 Å². The summed E-state index contributed by atoms with van der Waals surface area (Å²) in [6.07, 6.45) is 3.48. The van der Waals surface area contributed by atoms with Gasteiger partial charge in [-0.2, -0.15) is 0 Å². The SMILES string of the molecule is c1csc(SCCNCc2ccoc2)c1. The highest BCUT2D eigenvalue weighted by Crippen LogP contribution is 2.22. The average molecular weight is 239 g/mol. The molecule has 2 aromatic rings. The second-order valence-electron chi connectivity index (χ2n) is 3.09. The molecule has 15 heavy (non-hydrogen) atoms. The summed E-state index contributed by atoms with van der Waals surface area (Å²) in [5.74, 6) is 1.11. The van der Waals surface area contributed by atoms with Crippen molar-refractivity contribution >= 4 is 23.1 Å². The summed E-state index contributed by atoms with van der Waals surface area (Å²) in [5.41, 5.74) is 1.20. The molecule has 2 rings (SSSR count). The Kier molecular flexibility index (Phi) is 4.32. The smallest absolute Gasteiger partial charge is 0.0947 e. The lowest BCUT2D eigenvalue weighted by atomic mass is 10.3. The van der Waals surface area contributed by atoms with Crippen LogP contribution in [0.5, 0.6) is 0 Å². The second-order valence-corrected chi connectivity index (χ2v) is 5.43. The zero-order valence-corrected chi connectivity index (χ0v) is 9.94. The normalized spacial score (nSPS) is 10.7. The van der Waals surface area contributed by atoms with Gasteiger partial charge in [-0.15, -0.1) is 23.1 Å². The Labute approximate surface area is 97.7 Å². The number of hydrogen-bond donors (Lipinski definition) is 1. The molecule has 0 aliphatic carbocycles. The van der Waals surface area contributed by atoms with Gasteiger partial charge in [0.2, 0.25) is 0 Å². The molecule has 0 radical (unpaired) electrons. The van der Waals surface area contributed by atoms with Crippen molar-refractivity contribution in [3.05, 3.63) is 41.7 Å². The third-order valence-corrected chi connectivity index (χ3v) is 4.06. The van der Waals surface area contributed by atoms with E-state index in [0.29, 0.717) is 0 Å². The predicted molar refractivity (Wildman–Crippen MR) is 65.5 cm³/mol. The van der Waals surface area contributed by atoms with E-state index >= 15 is 0 Å². The Hall–Kier alpha value is -0.710. The molecular formula is C11H13NOS2. The van der Waals surface area contributed by atoms with Crippen molar-refractivity contribution in [1.82, 2.24) is 5.32 Å². The molecule has 0 saturated heterocycles. The summed E-state index contributed by atoms with van der Waals surface area (Å²) in [6, 6.07) is 6.23. The standard InChI is InChI=1S/C11H13NOS2/c1-2-11(14-6-1)15-7-4-12-8-10-3-5-13-9-10/h1-3,5-6,9,12H,4,7-8H2. The van der Waals surface area contributed by atoms with Crippen molar-refractivity contribution < 1.29 is 4.42 Å². The molecule has 80 valence electrons. The maximum Gasteiger partial charge on any atom is 0.0947 e. The summed E-state index contributed by atoms with van der Waals surface area (Å²) in [4.78, 5) is 0. The van der Waals surface area contributed by atoms with Crippen LogP contribution >= 0.6 is 23.1 Å². The molecule has 1 N–H and O–H groups in total. The maximum absolute atomic E-state index is 4.99. The molecule has 0 atom stereocenters. The van der Waals surface area contributed by atoms with Crippen LogP contribution in [0.2, 0.25) is 0 Å². The van der Waals surface area contributed by atoms with Crippen LogP contribution in [0.15, 0.2) is 44.7 Å². The third kappa shape index (κ3) is 3.74. The van der Waals surface area contributed by atoms with Crippen molar-refractivity contribution in [2.45, 2.75) is 10.8 Å². The minimum atomic E-state index is 0.890. The van der Waals surface area contributed by atoms with Gasteiger partial charge in [0, 0.05) is 24.4 Å². The van der Waals surface area contributed by atoms with Crippen molar-refractivity contribution in [3.63, 3.8) is 0 Å².